The van der Waals surface area contributed by atoms with Crippen LogP contribution in [0.1, 0.15) is 31.2 Å². The van der Waals surface area contributed by atoms with Crippen molar-refractivity contribution in [3.8, 4) is 0 Å². The Labute approximate surface area is 167 Å². The third-order valence-corrected chi connectivity index (χ3v) is 6.39. The Kier molecular flexibility index (Phi) is 5.96. The first-order chi connectivity index (χ1) is 13.6. The van der Waals surface area contributed by atoms with E-state index in [1.54, 1.807) is 6.20 Å². The lowest BCUT2D eigenvalue weighted by Crippen LogP contribution is -2.52. The molecule has 3 aliphatic rings. The number of carbonyl (C=O) groups excluding carboxylic acids is 1. The number of nitrogens with two attached hydrogens (primary N) is 1. The van der Waals surface area contributed by atoms with Crippen LogP contribution in [0.5, 0.6) is 0 Å². The highest BCUT2D eigenvalue weighted by atomic mass is 16.5. The second-order valence-electron chi connectivity index (χ2n) is 8.23. The molecule has 0 bridgehead atoms. The summed E-state index contributed by atoms with van der Waals surface area (Å²) in [6.45, 7) is 8.63. The van der Waals surface area contributed by atoms with E-state index in [-0.39, 0.29) is 5.92 Å². The van der Waals surface area contributed by atoms with Gasteiger partial charge in [0.2, 0.25) is 11.9 Å². The molecule has 0 aliphatic carbocycles. The van der Waals surface area contributed by atoms with Gasteiger partial charge in [0.05, 0.1) is 19.1 Å². The molecule has 4 heterocycles. The molecular weight excluding hydrogens is 356 g/mol. The number of morpholine rings is 1. The quantitative estimate of drug-likeness (QED) is 0.823. The minimum atomic E-state index is 0.144. The third-order valence-electron chi connectivity index (χ3n) is 6.39. The monoisotopic (exact) mass is 388 g/mol. The van der Waals surface area contributed by atoms with Crippen LogP contribution in [0, 0.1) is 12.8 Å². The van der Waals surface area contributed by atoms with Gasteiger partial charge in [0, 0.05) is 50.5 Å². The lowest BCUT2D eigenvalue weighted by molar-refractivity contribution is -0.141. The van der Waals surface area contributed by atoms with Crippen LogP contribution in [-0.4, -0.2) is 84.2 Å². The maximum atomic E-state index is 12.9. The number of amides is 1. The molecule has 4 rings (SSSR count). The molecule has 8 nitrogen and oxygen atoms in total. The van der Waals surface area contributed by atoms with E-state index in [2.05, 4.69) is 19.8 Å². The maximum absolute atomic E-state index is 12.9. The van der Waals surface area contributed by atoms with Gasteiger partial charge in [-0.05, 0) is 39.2 Å². The molecule has 8 heteroatoms. The number of hydrogen-bond donors (Lipinski definition) is 1. The molecule has 3 aliphatic heterocycles. The van der Waals surface area contributed by atoms with Crippen molar-refractivity contribution in [3.63, 3.8) is 0 Å². The lowest BCUT2D eigenvalue weighted by atomic mass is 9.92. The number of likely N-dealkylation sites (tertiary alicyclic amines) is 1. The molecule has 1 aromatic heterocycles. The number of aryl methyl sites for hydroxylation is 1. The summed E-state index contributed by atoms with van der Waals surface area (Å²) in [7, 11) is 0. The van der Waals surface area contributed by atoms with E-state index in [0.29, 0.717) is 31.0 Å². The SMILES string of the molecule is Cc1cnc(N2CCC(N3CCCC(C(=O)N4CCOCC4)C3)CC2)nc1N. The minimum absolute atomic E-state index is 0.144. The standard InChI is InChI=1S/C20H32N6O2/c1-15-13-22-20(23-18(15)21)25-7-4-17(5-8-25)26-6-2-3-16(14-26)19(27)24-9-11-28-12-10-24/h13,16-17H,2-12,14H2,1H3,(H2,21,22,23). The van der Waals surface area contributed by atoms with E-state index in [4.69, 9.17) is 10.5 Å². The largest absolute Gasteiger partial charge is 0.383 e. The van der Waals surface area contributed by atoms with Crippen molar-refractivity contribution in [2.45, 2.75) is 38.6 Å². The van der Waals surface area contributed by atoms with Gasteiger partial charge in [0.15, 0.2) is 0 Å². The highest BCUT2D eigenvalue weighted by Gasteiger charge is 2.34. The van der Waals surface area contributed by atoms with Crippen LogP contribution in [0.4, 0.5) is 11.8 Å². The molecule has 28 heavy (non-hydrogen) atoms. The molecule has 0 spiro atoms. The van der Waals surface area contributed by atoms with Gasteiger partial charge < -0.3 is 20.3 Å². The number of aromatic nitrogens is 2. The van der Waals surface area contributed by atoms with Crippen LogP contribution in [0.25, 0.3) is 0 Å². The first-order valence-corrected chi connectivity index (χ1v) is 10.6. The molecule has 3 fully saturated rings. The normalized spacial score (nSPS) is 25.1. The summed E-state index contributed by atoms with van der Waals surface area (Å²) in [5.41, 5.74) is 6.87. The Morgan fingerprint density at radius 1 is 1.14 bits per heavy atom. The maximum Gasteiger partial charge on any atom is 0.227 e. The molecule has 3 saturated heterocycles. The van der Waals surface area contributed by atoms with Crippen LogP contribution in [-0.2, 0) is 9.53 Å². The summed E-state index contributed by atoms with van der Waals surface area (Å²) in [6, 6.07) is 0.541. The van der Waals surface area contributed by atoms with E-state index in [9.17, 15) is 4.79 Å². The van der Waals surface area contributed by atoms with Gasteiger partial charge in [-0.3, -0.25) is 9.69 Å². The predicted molar refractivity (Wildman–Crippen MR) is 108 cm³/mol. The molecule has 0 saturated carbocycles. The highest BCUT2D eigenvalue weighted by molar-refractivity contribution is 5.79. The van der Waals surface area contributed by atoms with E-state index in [1.165, 1.54) is 0 Å². The minimum Gasteiger partial charge on any atom is -0.383 e. The smallest absolute Gasteiger partial charge is 0.227 e. The Morgan fingerprint density at radius 3 is 2.61 bits per heavy atom. The summed E-state index contributed by atoms with van der Waals surface area (Å²) in [5.74, 6) is 1.77. The van der Waals surface area contributed by atoms with Crippen LogP contribution >= 0.6 is 0 Å². The number of hydrogen-bond acceptors (Lipinski definition) is 7. The van der Waals surface area contributed by atoms with E-state index < -0.39 is 0 Å². The molecular formula is C20H32N6O2. The summed E-state index contributed by atoms with van der Waals surface area (Å²) < 4.78 is 5.39. The second-order valence-corrected chi connectivity index (χ2v) is 8.23. The van der Waals surface area contributed by atoms with E-state index >= 15 is 0 Å². The molecule has 1 amide bonds. The number of nitrogen functional groups attached to an aromatic ring is 1. The lowest BCUT2D eigenvalue weighted by Gasteiger charge is -2.43. The Balaban J connectivity index is 1.31. The van der Waals surface area contributed by atoms with E-state index in [0.717, 1.165) is 76.5 Å². The second kappa shape index (κ2) is 8.61. The summed E-state index contributed by atoms with van der Waals surface area (Å²) in [6.07, 6.45) is 6.09. The molecule has 1 unspecified atom stereocenters. The van der Waals surface area contributed by atoms with Crippen LogP contribution in [0.3, 0.4) is 0 Å². The molecule has 154 valence electrons. The summed E-state index contributed by atoms with van der Waals surface area (Å²) >= 11 is 0. The summed E-state index contributed by atoms with van der Waals surface area (Å²) in [5, 5.41) is 0. The number of piperidine rings is 2. The van der Waals surface area contributed by atoms with Crippen molar-refractivity contribution in [1.29, 1.82) is 0 Å². The van der Waals surface area contributed by atoms with Gasteiger partial charge in [-0.25, -0.2) is 4.98 Å². The first kappa shape index (κ1) is 19.4. The molecule has 1 atom stereocenters. The number of rotatable bonds is 3. The van der Waals surface area contributed by atoms with Gasteiger partial charge in [-0.15, -0.1) is 0 Å². The molecule has 1 aromatic rings. The zero-order valence-corrected chi connectivity index (χ0v) is 16.8. The Morgan fingerprint density at radius 2 is 1.89 bits per heavy atom. The van der Waals surface area contributed by atoms with Crippen LogP contribution < -0.4 is 10.6 Å². The predicted octanol–water partition coefficient (Wildman–Crippen LogP) is 0.907. The summed E-state index contributed by atoms with van der Waals surface area (Å²) in [4.78, 5) is 28.6. The number of nitrogens with zero attached hydrogens (tertiary/aromatic N) is 5. The zero-order valence-electron chi connectivity index (χ0n) is 16.8. The fourth-order valence-electron chi connectivity index (χ4n) is 4.61. The fraction of sp³-hybridized carbons (Fsp3) is 0.750. The number of ether oxygens (including phenoxy) is 1. The van der Waals surface area contributed by atoms with Crippen molar-refractivity contribution in [2.24, 2.45) is 5.92 Å². The molecule has 0 radical (unpaired) electrons. The zero-order chi connectivity index (χ0) is 19.5. The van der Waals surface area contributed by atoms with E-state index in [1.807, 2.05) is 11.8 Å². The fourth-order valence-corrected chi connectivity index (χ4v) is 4.61. The van der Waals surface area contributed by atoms with Gasteiger partial charge in [0.1, 0.15) is 5.82 Å². The molecule has 0 aromatic carbocycles. The Bertz CT molecular complexity index is 685. The number of carbonyl (C=O) groups is 1. The van der Waals surface area contributed by atoms with Crippen molar-refractivity contribution in [1.82, 2.24) is 19.8 Å². The van der Waals surface area contributed by atoms with Gasteiger partial charge in [-0.1, -0.05) is 0 Å². The number of anilines is 2. The van der Waals surface area contributed by atoms with Crippen molar-refractivity contribution >= 4 is 17.7 Å². The van der Waals surface area contributed by atoms with Gasteiger partial charge >= 0.3 is 0 Å². The average Bonchev–Trinajstić information content (AvgIpc) is 2.76. The van der Waals surface area contributed by atoms with Crippen LogP contribution in [0.15, 0.2) is 6.20 Å². The van der Waals surface area contributed by atoms with Gasteiger partial charge in [0.25, 0.3) is 0 Å². The van der Waals surface area contributed by atoms with Crippen LogP contribution in [0.2, 0.25) is 0 Å². The average molecular weight is 389 g/mol. The first-order valence-electron chi connectivity index (χ1n) is 10.6. The van der Waals surface area contributed by atoms with Crippen molar-refractivity contribution in [3.05, 3.63) is 11.8 Å². The van der Waals surface area contributed by atoms with Crippen molar-refractivity contribution in [2.75, 3.05) is 63.1 Å². The van der Waals surface area contributed by atoms with Gasteiger partial charge in [-0.2, -0.15) is 4.98 Å². The highest BCUT2D eigenvalue weighted by Crippen LogP contribution is 2.26. The Hall–Kier alpha value is -1.93. The van der Waals surface area contributed by atoms with Crippen molar-refractivity contribution < 1.29 is 9.53 Å². The molecule has 2 N–H and O–H groups in total. The third kappa shape index (κ3) is 4.22. The topological polar surface area (TPSA) is 87.8 Å².